The molecular formula is C18H14Cl3N3O3S. The van der Waals surface area contributed by atoms with Gasteiger partial charge in [0.15, 0.2) is 10.9 Å². The number of amides is 2. The lowest BCUT2D eigenvalue weighted by molar-refractivity contribution is -0.128. The zero-order chi connectivity index (χ0) is 20.4. The van der Waals surface area contributed by atoms with Crippen molar-refractivity contribution in [3.05, 3.63) is 51.5 Å². The van der Waals surface area contributed by atoms with E-state index in [4.69, 9.17) is 34.8 Å². The Labute approximate surface area is 180 Å². The number of anilines is 1. The summed E-state index contributed by atoms with van der Waals surface area (Å²) < 4.78 is 0. The molecule has 0 spiro atoms. The van der Waals surface area contributed by atoms with Crippen LogP contribution in [0.3, 0.4) is 0 Å². The number of carbonyl (C=O) groups is 2. The average molecular weight is 459 g/mol. The number of thioether (sulfide) groups is 1. The van der Waals surface area contributed by atoms with Crippen LogP contribution in [0.15, 0.2) is 41.4 Å². The van der Waals surface area contributed by atoms with Crippen LogP contribution in [0.4, 0.5) is 11.4 Å². The van der Waals surface area contributed by atoms with Crippen LogP contribution in [0.25, 0.3) is 0 Å². The molecule has 1 atom stereocenters. The number of amidine groups is 1. The van der Waals surface area contributed by atoms with Gasteiger partial charge >= 0.3 is 0 Å². The van der Waals surface area contributed by atoms with Crippen LogP contribution in [0.2, 0.25) is 15.1 Å². The number of hydrogen-bond donors (Lipinski definition) is 2. The highest BCUT2D eigenvalue weighted by atomic mass is 35.5. The molecule has 1 aliphatic heterocycles. The van der Waals surface area contributed by atoms with E-state index in [-0.39, 0.29) is 34.0 Å². The molecule has 3 rings (SSSR count). The average Bonchev–Trinajstić information content (AvgIpc) is 2.65. The molecule has 6 nitrogen and oxygen atoms in total. The van der Waals surface area contributed by atoms with Crippen molar-refractivity contribution < 1.29 is 14.7 Å². The number of carbonyl (C=O) groups excluding carboxylic acids is 2. The summed E-state index contributed by atoms with van der Waals surface area (Å²) in [6.45, 7) is 0. The molecule has 0 aromatic heterocycles. The monoisotopic (exact) mass is 457 g/mol. The van der Waals surface area contributed by atoms with Crippen LogP contribution in [0, 0.1) is 0 Å². The minimum Gasteiger partial charge on any atom is -0.505 e. The summed E-state index contributed by atoms with van der Waals surface area (Å²) in [6, 6.07) is 9.68. The lowest BCUT2D eigenvalue weighted by atomic mass is 10.2. The molecule has 2 N–H and O–H groups in total. The first-order valence-corrected chi connectivity index (χ1v) is 10.0. The molecule has 1 heterocycles. The van der Waals surface area contributed by atoms with Crippen molar-refractivity contribution in [1.29, 1.82) is 0 Å². The highest BCUT2D eigenvalue weighted by molar-refractivity contribution is 8.15. The van der Waals surface area contributed by atoms with Gasteiger partial charge in [0, 0.05) is 13.5 Å². The summed E-state index contributed by atoms with van der Waals surface area (Å²) in [5.74, 6) is -0.855. The standard InChI is InChI=1S/C18H14Cl3N3O3S/c1-24-15(25)8-14(17(27)23-13-5-3-2-4-10(13)19)28-18(24)22-9-6-11(20)16(26)12(21)7-9/h2-7,14,26H,8H2,1H3,(H,23,27). The van der Waals surface area contributed by atoms with E-state index >= 15 is 0 Å². The minimum atomic E-state index is -0.679. The van der Waals surface area contributed by atoms with E-state index in [1.807, 2.05) is 0 Å². The van der Waals surface area contributed by atoms with Gasteiger partial charge in [0.25, 0.3) is 0 Å². The fourth-order valence-corrected chi connectivity index (χ4v) is 4.12. The van der Waals surface area contributed by atoms with Crippen molar-refractivity contribution in [2.24, 2.45) is 4.99 Å². The maximum absolute atomic E-state index is 12.6. The largest absolute Gasteiger partial charge is 0.505 e. The molecule has 28 heavy (non-hydrogen) atoms. The predicted molar refractivity (Wildman–Crippen MR) is 114 cm³/mol. The first-order valence-electron chi connectivity index (χ1n) is 8.01. The molecule has 1 saturated heterocycles. The molecule has 2 amide bonds. The van der Waals surface area contributed by atoms with Gasteiger partial charge in [-0.2, -0.15) is 0 Å². The summed E-state index contributed by atoms with van der Waals surface area (Å²) in [7, 11) is 1.57. The molecule has 2 aromatic rings. The number of halogens is 3. The highest BCUT2D eigenvalue weighted by Gasteiger charge is 2.34. The third kappa shape index (κ3) is 4.55. The second kappa shape index (κ2) is 8.61. The van der Waals surface area contributed by atoms with Crippen molar-refractivity contribution in [1.82, 2.24) is 4.90 Å². The van der Waals surface area contributed by atoms with E-state index in [1.54, 1.807) is 31.3 Å². The van der Waals surface area contributed by atoms with E-state index in [1.165, 1.54) is 17.0 Å². The van der Waals surface area contributed by atoms with Gasteiger partial charge in [0.1, 0.15) is 5.25 Å². The highest BCUT2D eigenvalue weighted by Crippen LogP contribution is 2.37. The normalized spacial score (nSPS) is 18.4. The maximum Gasteiger partial charge on any atom is 0.238 e. The van der Waals surface area contributed by atoms with Crippen LogP contribution in [-0.2, 0) is 9.59 Å². The van der Waals surface area contributed by atoms with E-state index in [2.05, 4.69) is 10.3 Å². The third-order valence-corrected chi connectivity index (χ3v) is 6.07. The SMILES string of the molecule is CN1C(=O)CC(C(=O)Nc2ccccc2Cl)SC1=Nc1cc(Cl)c(O)c(Cl)c1. The van der Waals surface area contributed by atoms with E-state index < -0.39 is 5.25 Å². The van der Waals surface area contributed by atoms with Crippen LogP contribution in [0.1, 0.15) is 6.42 Å². The van der Waals surface area contributed by atoms with Crippen LogP contribution in [-0.4, -0.2) is 39.3 Å². The van der Waals surface area contributed by atoms with Gasteiger partial charge in [-0.25, -0.2) is 4.99 Å². The van der Waals surface area contributed by atoms with Gasteiger partial charge in [-0.05, 0) is 24.3 Å². The second-order valence-electron chi connectivity index (χ2n) is 5.88. The molecule has 146 valence electrons. The van der Waals surface area contributed by atoms with E-state index in [0.29, 0.717) is 21.6 Å². The number of aliphatic imine (C=N–C) groups is 1. The lowest BCUT2D eigenvalue weighted by Crippen LogP contribution is -2.43. The Morgan fingerprint density at radius 2 is 1.86 bits per heavy atom. The molecule has 1 fully saturated rings. The second-order valence-corrected chi connectivity index (χ2v) is 8.28. The van der Waals surface area contributed by atoms with Crippen LogP contribution < -0.4 is 5.32 Å². The summed E-state index contributed by atoms with van der Waals surface area (Å²) in [6.07, 6.45) is 0.0214. The third-order valence-electron chi connectivity index (χ3n) is 3.92. The molecule has 1 unspecified atom stereocenters. The number of aromatic hydroxyl groups is 1. The molecule has 0 bridgehead atoms. The molecular weight excluding hydrogens is 445 g/mol. The first kappa shape index (κ1) is 20.8. The Morgan fingerprint density at radius 3 is 2.50 bits per heavy atom. The lowest BCUT2D eigenvalue weighted by Gasteiger charge is -2.29. The van der Waals surface area contributed by atoms with Gasteiger partial charge in [-0.1, -0.05) is 58.7 Å². The fraction of sp³-hybridized carbons (Fsp3) is 0.167. The Hall–Kier alpha value is -1.93. The minimum absolute atomic E-state index is 0.0214. The summed E-state index contributed by atoms with van der Waals surface area (Å²) >= 11 is 19.0. The van der Waals surface area contributed by atoms with Gasteiger partial charge < -0.3 is 10.4 Å². The van der Waals surface area contributed by atoms with Gasteiger partial charge in [-0.3, -0.25) is 14.5 Å². The molecule has 0 aliphatic carbocycles. The number of nitrogens with one attached hydrogen (secondary N) is 1. The Balaban J connectivity index is 1.84. The van der Waals surface area contributed by atoms with Gasteiger partial charge in [0.2, 0.25) is 11.8 Å². The van der Waals surface area contributed by atoms with Gasteiger partial charge in [0.05, 0.1) is 26.4 Å². The topological polar surface area (TPSA) is 82.0 Å². The maximum atomic E-state index is 12.6. The van der Waals surface area contributed by atoms with Crippen LogP contribution in [0.5, 0.6) is 5.75 Å². The first-order chi connectivity index (χ1) is 13.3. The number of para-hydroxylation sites is 1. The van der Waals surface area contributed by atoms with E-state index in [9.17, 15) is 14.7 Å². The van der Waals surface area contributed by atoms with Crippen molar-refractivity contribution >= 4 is 74.9 Å². The van der Waals surface area contributed by atoms with Crippen molar-refractivity contribution in [2.45, 2.75) is 11.7 Å². The van der Waals surface area contributed by atoms with Crippen molar-refractivity contribution in [3.63, 3.8) is 0 Å². The molecule has 2 aromatic carbocycles. The summed E-state index contributed by atoms with van der Waals surface area (Å²) in [4.78, 5) is 30.7. The van der Waals surface area contributed by atoms with Crippen LogP contribution >= 0.6 is 46.6 Å². The molecule has 10 heteroatoms. The number of phenols is 1. The van der Waals surface area contributed by atoms with Crippen molar-refractivity contribution in [3.8, 4) is 5.75 Å². The van der Waals surface area contributed by atoms with Crippen molar-refractivity contribution in [2.75, 3.05) is 12.4 Å². The number of benzene rings is 2. The predicted octanol–water partition coefficient (Wildman–Crippen LogP) is 4.94. The number of hydrogen-bond acceptors (Lipinski definition) is 5. The Bertz CT molecular complexity index is 961. The Morgan fingerprint density at radius 1 is 1.21 bits per heavy atom. The molecule has 0 radical (unpaired) electrons. The Kier molecular flexibility index (Phi) is 6.40. The molecule has 1 aliphatic rings. The smallest absolute Gasteiger partial charge is 0.238 e. The number of nitrogens with zero attached hydrogens (tertiary/aromatic N) is 2. The van der Waals surface area contributed by atoms with Gasteiger partial charge in [-0.15, -0.1) is 0 Å². The summed E-state index contributed by atoms with van der Waals surface area (Å²) in [5, 5.41) is 12.5. The zero-order valence-corrected chi connectivity index (χ0v) is 17.5. The number of phenolic OH excluding ortho intramolecular Hbond substituents is 1. The van der Waals surface area contributed by atoms with E-state index in [0.717, 1.165) is 11.8 Å². The number of rotatable bonds is 3. The zero-order valence-electron chi connectivity index (χ0n) is 14.4. The summed E-state index contributed by atoms with van der Waals surface area (Å²) in [5.41, 5.74) is 0.818. The fourth-order valence-electron chi connectivity index (χ4n) is 2.40. The quantitative estimate of drug-likeness (QED) is 0.682. The molecule has 0 saturated carbocycles.